The van der Waals surface area contributed by atoms with E-state index in [4.69, 9.17) is 16.7 Å². The summed E-state index contributed by atoms with van der Waals surface area (Å²) in [4.78, 5) is 17.0. The van der Waals surface area contributed by atoms with Crippen LogP contribution >= 0.6 is 27.5 Å². The van der Waals surface area contributed by atoms with Gasteiger partial charge in [0.05, 0.1) is 5.02 Å². The first kappa shape index (κ1) is 11.7. The number of anilines is 1. The van der Waals surface area contributed by atoms with Crippen molar-refractivity contribution in [1.82, 2.24) is 4.98 Å². The van der Waals surface area contributed by atoms with E-state index in [0.29, 0.717) is 23.8 Å². The molecule has 1 aromatic heterocycles. The van der Waals surface area contributed by atoms with Crippen LogP contribution in [-0.4, -0.2) is 28.6 Å². The fraction of sp³-hybridized carbons (Fsp3) is 0.400. The third-order valence-electron chi connectivity index (χ3n) is 2.60. The SMILES string of the molecule is O=C(O)[C@H]1CCCN1c1ncc(Br)cc1Cl. The summed E-state index contributed by atoms with van der Waals surface area (Å²) >= 11 is 9.32. The number of hydrogen-bond acceptors (Lipinski definition) is 3. The molecule has 0 saturated carbocycles. The highest BCUT2D eigenvalue weighted by atomic mass is 79.9. The summed E-state index contributed by atoms with van der Waals surface area (Å²) in [7, 11) is 0. The van der Waals surface area contributed by atoms with Gasteiger partial charge in [-0.15, -0.1) is 0 Å². The minimum absolute atomic E-state index is 0.475. The van der Waals surface area contributed by atoms with Crippen LogP contribution in [0.3, 0.4) is 0 Å². The molecule has 1 aliphatic rings. The molecule has 0 aromatic carbocycles. The molecule has 4 nitrogen and oxygen atoms in total. The van der Waals surface area contributed by atoms with Crippen molar-refractivity contribution >= 4 is 39.3 Å². The van der Waals surface area contributed by atoms with Gasteiger partial charge in [-0.05, 0) is 34.8 Å². The predicted molar refractivity (Wildman–Crippen MR) is 65.0 cm³/mol. The van der Waals surface area contributed by atoms with Crippen LogP contribution in [0.1, 0.15) is 12.8 Å². The zero-order valence-electron chi connectivity index (χ0n) is 8.36. The van der Waals surface area contributed by atoms with E-state index in [-0.39, 0.29) is 0 Å². The van der Waals surface area contributed by atoms with Crippen LogP contribution < -0.4 is 4.90 Å². The van der Waals surface area contributed by atoms with Gasteiger partial charge in [-0.1, -0.05) is 11.6 Å². The summed E-state index contributed by atoms with van der Waals surface area (Å²) < 4.78 is 0.785. The molecule has 1 fully saturated rings. The quantitative estimate of drug-likeness (QED) is 0.912. The lowest BCUT2D eigenvalue weighted by Crippen LogP contribution is -2.36. The van der Waals surface area contributed by atoms with Crippen LogP contribution in [0.4, 0.5) is 5.82 Å². The summed E-state index contributed by atoms with van der Waals surface area (Å²) in [6.45, 7) is 0.686. The minimum atomic E-state index is -0.821. The molecular weight excluding hydrogens is 295 g/mol. The van der Waals surface area contributed by atoms with E-state index in [9.17, 15) is 4.79 Å². The van der Waals surface area contributed by atoms with Gasteiger partial charge in [-0.25, -0.2) is 9.78 Å². The van der Waals surface area contributed by atoms with Gasteiger partial charge < -0.3 is 10.0 Å². The largest absolute Gasteiger partial charge is 0.480 e. The van der Waals surface area contributed by atoms with Gasteiger partial charge in [0, 0.05) is 17.2 Å². The molecule has 16 heavy (non-hydrogen) atoms. The lowest BCUT2D eigenvalue weighted by molar-refractivity contribution is -0.138. The van der Waals surface area contributed by atoms with Gasteiger partial charge in [-0.3, -0.25) is 0 Å². The topological polar surface area (TPSA) is 53.4 Å². The Hall–Kier alpha value is -0.810. The van der Waals surface area contributed by atoms with Crippen molar-refractivity contribution in [1.29, 1.82) is 0 Å². The molecule has 1 N–H and O–H groups in total. The number of carbonyl (C=O) groups is 1. The Labute approximate surface area is 106 Å². The molecule has 1 saturated heterocycles. The van der Waals surface area contributed by atoms with Crippen LogP contribution in [-0.2, 0) is 4.79 Å². The highest BCUT2D eigenvalue weighted by Crippen LogP contribution is 2.31. The average Bonchev–Trinajstić information content (AvgIpc) is 2.66. The molecule has 2 heterocycles. The van der Waals surface area contributed by atoms with E-state index in [2.05, 4.69) is 20.9 Å². The molecule has 0 amide bonds. The van der Waals surface area contributed by atoms with Gasteiger partial charge in [0.15, 0.2) is 0 Å². The Morgan fingerprint density at radius 1 is 1.69 bits per heavy atom. The molecule has 86 valence electrons. The predicted octanol–water partition coefficient (Wildman–Crippen LogP) is 2.55. The van der Waals surface area contributed by atoms with Crippen molar-refractivity contribution in [3.05, 3.63) is 21.8 Å². The van der Waals surface area contributed by atoms with Crippen molar-refractivity contribution in [3.8, 4) is 0 Å². The summed E-state index contributed by atoms with van der Waals surface area (Å²) in [5.41, 5.74) is 0. The molecule has 0 aliphatic carbocycles. The van der Waals surface area contributed by atoms with E-state index in [0.717, 1.165) is 10.9 Å². The van der Waals surface area contributed by atoms with Crippen molar-refractivity contribution < 1.29 is 9.90 Å². The fourth-order valence-corrected chi connectivity index (χ4v) is 2.63. The lowest BCUT2D eigenvalue weighted by Gasteiger charge is -2.23. The Kier molecular flexibility index (Phi) is 3.35. The smallest absolute Gasteiger partial charge is 0.326 e. The van der Waals surface area contributed by atoms with Gasteiger partial charge in [0.25, 0.3) is 0 Å². The minimum Gasteiger partial charge on any atom is -0.480 e. The fourth-order valence-electron chi connectivity index (χ4n) is 1.90. The van der Waals surface area contributed by atoms with E-state index in [1.165, 1.54) is 0 Å². The molecule has 0 radical (unpaired) electrons. The van der Waals surface area contributed by atoms with Gasteiger partial charge in [-0.2, -0.15) is 0 Å². The van der Waals surface area contributed by atoms with E-state index < -0.39 is 12.0 Å². The van der Waals surface area contributed by atoms with Crippen LogP contribution in [0, 0.1) is 0 Å². The van der Waals surface area contributed by atoms with Crippen molar-refractivity contribution in [3.63, 3.8) is 0 Å². The van der Waals surface area contributed by atoms with E-state index in [1.54, 1.807) is 17.2 Å². The van der Waals surface area contributed by atoms with E-state index >= 15 is 0 Å². The Morgan fingerprint density at radius 3 is 3.06 bits per heavy atom. The zero-order valence-corrected chi connectivity index (χ0v) is 10.7. The molecule has 2 rings (SSSR count). The maximum atomic E-state index is 11.0. The van der Waals surface area contributed by atoms with Crippen molar-refractivity contribution in [2.45, 2.75) is 18.9 Å². The van der Waals surface area contributed by atoms with Crippen LogP contribution in [0.5, 0.6) is 0 Å². The molecule has 6 heteroatoms. The number of aromatic nitrogens is 1. The first-order valence-corrected chi connectivity index (χ1v) is 6.07. The number of aliphatic carboxylic acids is 1. The summed E-state index contributed by atoms with van der Waals surface area (Å²) in [6, 6.07) is 1.22. The monoisotopic (exact) mass is 304 g/mol. The number of carboxylic acid groups (broad SMARTS) is 1. The lowest BCUT2D eigenvalue weighted by atomic mass is 10.2. The average molecular weight is 306 g/mol. The molecule has 1 aromatic rings. The standard InChI is InChI=1S/C10H10BrClN2O2/c11-6-4-7(12)9(13-5-6)14-3-1-2-8(14)10(15)16/h4-5,8H,1-3H2,(H,15,16)/t8-/m1/s1. The Balaban J connectivity index is 2.32. The highest BCUT2D eigenvalue weighted by molar-refractivity contribution is 9.10. The summed E-state index contributed by atoms with van der Waals surface area (Å²) in [6.07, 6.45) is 3.12. The first-order chi connectivity index (χ1) is 7.59. The number of nitrogens with zero attached hydrogens (tertiary/aromatic N) is 2. The number of rotatable bonds is 2. The number of pyridine rings is 1. The number of halogens is 2. The number of hydrogen-bond donors (Lipinski definition) is 1. The second-order valence-electron chi connectivity index (χ2n) is 3.65. The van der Waals surface area contributed by atoms with Crippen molar-refractivity contribution in [2.75, 3.05) is 11.4 Å². The Morgan fingerprint density at radius 2 is 2.44 bits per heavy atom. The first-order valence-electron chi connectivity index (χ1n) is 4.90. The maximum absolute atomic E-state index is 11.0. The highest BCUT2D eigenvalue weighted by Gasteiger charge is 2.32. The molecule has 0 spiro atoms. The molecule has 1 atom stereocenters. The van der Waals surface area contributed by atoms with Gasteiger partial charge in [0.2, 0.25) is 0 Å². The normalized spacial score (nSPS) is 20.1. The third kappa shape index (κ3) is 2.15. The van der Waals surface area contributed by atoms with Crippen LogP contribution in [0.15, 0.2) is 16.7 Å². The summed E-state index contributed by atoms with van der Waals surface area (Å²) in [5.74, 6) is -0.270. The van der Waals surface area contributed by atoms with Gasteiger partial charge >= 0.3 is 5.97 Å². The van der Waals surface area contributed by atoms with E-state index in [1.807, 2.05) is 0 Å². The molecule has 0 bridgehead atoms. The molecule has 0 unspecified atom stereocenters. The van der Waals surface area contributed by atoms with Gasteiger partial charge in [0.1, 0.15) is 11.9 Å². The zero-order chi connectivity index (χ0) is 11.7. The third-order valence-corrected chi connectivity index (χ3v) is 3.31. The van der Waals surface area contributed by atoms with Crippen LogP contribution in [0.25, 0.3) is 0 Å². The second kappa shape index (κ2) is 4.59. The second-order valence-corrected chi connectivity index (χ2v) is 4.97. The van der Waals surface area contributed by atoms with Crippen LogP contribution in [0.2, 0.25) is 5.02 Å². The molecule has 1 aliphatic heterocycles. The maximum Gasteiger partial charge on any atom is 0.326 e. The van der Waals surface area contributed by atoms with Crippen molar-refractivity contribution in [2.24, 2.45) is 0 Å². The molecular formula is C10H10BrClN2O2. The Bertz CT molecular complexity index is 427. The number of carboxylic acids is 1. The summed E-state index contributed by atoms with van der Waals surface area (Å²) in [5, 5.41) is 9.54.